The van der Waals surface area contributed by atoms with Crippen LogP contribution in [0, 0.1) is 11.8 Å². The van der Waals surface area contributed by atoms with Crippen LogP contribution in [-0.4, -0.2) is 36.9 Å². The van der Waals surface area contributed by atoms with Crippen molar-refractivity contribution < 1.29 is 14.6 Å². The van der Waals surface area contributed by atoms with E-state index in [0.29, 0.717) is 18.6 Å². The van der Waals surface area contributed by atoms with Crippen molar-refractivity contribution in [1.82, 2.24) is 5.32 Å². The minimum atomic E-state index is -0.0327. The smallest absolute Gasteiger partial charge is 0.308 e. The maximum Gasteiger partial charge on any atom is 0.308 e. The molecule has 0 bridgehead atoms. The summed E-state index contributed by atoms with van der Waals surface area (Å²) in [5.74, 6) is 0.371. The second kappa shape index (κ2) is 7.67. The molecule has 1 unspecified atom stereocenters. The predicted octanol–water partition coefficient (Wildman–Crippen LogP) is 1.33. The summed E-state index contributed by atoms with van der Waals surface area (Å²) < 4.78 is 5.04. The Kier molecular flexibility index (Phi) is 6.52. The molecule has 0 heterocycles. The van der Waals surface area contributed by atoms with Gasteiger partial charge in [-0.05, 0) is 38.5 Å². The molecule has 1 atom stereocenters. The van der Waals surface area contributed by atoms with E-state index >= 15 is 0 Å². The number of aliphatic hydroxyl groups excluding tert-OH is 1. The van der Waals surface area contributed by atoms with Crippen LogP contribution in [0.4, 0.5) is 0 Å². The van der Waals surface area contributed by atoms with Gasteiger partial charge < -0.3 is 15.2 Å². The fourth-order valence-corrected chi connectivity index (χ4v) is 2.23. The molecule has 17 heavy (non-hydrogen) atoms. The van der Waals surface area contributed by atoms with Gasteiger partial charge >= 0.3 is 5.97 Å². The first kappa shape index (κ1) is 14.5. The fraction of sp³-hybridized carbons (Fsp3) is 0.923. The van der Waals surface area contributed by atoms with Crippen LogP contribution in [0.15, 0.2) is 0 Å². The second-order valence-electron chi connectivity index (χ2n) is 5.00. The number of hydrogen-bond donors (Lipinski definition) is 2. The molecule has 4 heteroatoms. The van der Waals surface area contributed by atoms with Crippen molar-refractivity contribution in [1.29, 1.82) is 0 Å². The lowest BCUT2D eigenvalue weighted by atomic mass is 9.86. The predicted molar refractivity (Wildman–Crippen MR) is 66.6 cm³/mol. The minimum Gasteiger partial charge on any atom is -0.466 e. The van der Waals surface area contributed by atoms with Crippen LogP contribution < -0.4 is 5.32 Å². The first-order chi connectivity index (χ1) is 8.17. The molecule has 1 fully saturated rings. The zero-order chi connectivity index (χ0) is 12.7. The molecule has 1 saturated carbocycles. The maximum atomic E-state index is 11.5. The Labute approximate surface area is 104 Å². The average molecular weight is 243 g/mol. The van der Waals surface area contributed by atoms with E-state index in [9.17, 15) is 4.79 Å². The Morgan fingerprint density at radius 1 is 1.41 bits per heavy atom. The van der Waals surface area contributed by atoms with Gasteiger partial charge in [-0.15, -0.1) is 0 Å². The number of nitrogens with one attached hydrogen (secondary N) is 1. The van der Waals surface area contributed by atoms with Crippen LogP contribution in [0.1, 0.15) is 39.5 Å². The Bertz CT molecular complexity index is 225. The van der Waals surface area contributed by atoms with Crippen LogP contribution in [0.2, 0.25) is 0 Å². The van der Waals surface area contributed by atoms with Gasteiger partial charge in [0.05, 0.1) is 12.5 Å². The lowest BCUT2D eigenvalue weighted by Gasteiger charge is -2.28. The average Bonchev–Trinajstić information content (AvgIpc) is 2.36. The molecule has 0 saturated heterocycles. The minimum absolute atomic E-state index is 0.0327. The summed E-state index contributed by atoms with van der Waals surface area (Å²) in [4.78, 5) is 11.5. The van der Waals surface area contributed by atoms with Crippen molar-refractivity contribution >= 4 is 5.97 Å². The molecule has 4 nitrogen and oxygen atoms in total. The monoisotopic (exact) mass is 243 g/mol. The Morgan fingerprint density at radius 3 is 2.59 bits per heavy atom. The number of carbonyl (C=O) groups is 1. The van der Waals surface area contributed by atoms with Crippen molar-refractivity contribution in [2.24, 2.45) is 11.8 Å². The Hall–Kier alpha value is -0.610. The van der Waals surface area contributed by atoms with Crippen LogP contribution in [0.3, 0.4) is 0 Å². The van der Waals surface area contributed by atoms with E-state index in [4.69, 9.17) is 9.84 Å². The van der Waals surface area contributed by atoms with Crippen molar-refractivity contribution in [2.75, 3.05) is 19.8 Å². The number of esters is 1. The van der Waals surface area contributed by atoms with Crippen molar-refractivity contribution in [2.45, 2.75) is 45.6 Å². The van der Waals surface area contributed by atoms with E-state index in [2.05, 4.69) is 5.32 Å². The molecular formula is C13H25NO3. The van der Waals surface area contributed by atoms with Crippen LogP contribution in [0.5, 0.6) is 0 Å². The first-order valence-corrected chi connectivity index (χ1v) is 6.68. The number of aliphatic hydroxyl groups is 1. The summed E-state index contributed by atoms with van der Waals surface area (Å²) in [6, 6.07) is 0.495. The molecule has 100 valence electrons. The standard InChI is InChI=1S/C13H25NO3/c1-3-17-13(16)11-4-6-12(7-5-11)14-8-10(2)9-15/h10-12,14-15H,3-9H2,1-2H3. The lowest BCUT2D eigenvalue weighted by molar-refractivity contribution is -0.149. The molecular weight excluding hydrogens is 218 g/mol. The largest absolute Gasteiger partial charge is 0.466 e. The summed E-state index contributed by atoms with van der Waals surface area (Å²) in [6.07, 6.45) is 3.90. The number of carbonyl (C=O) groups excluding carboxylic acids is 1. The van der Waals surface area contributed by atoms with Gasteiger partial charge in [0.25, 0.3) is 0 Å². The molecule has 0 aliphatic heterocycles. The number of rotatable bonds is 6. The molecule has 1 aliphatic rings. The molecule has 0 aromatic carbocycles. The number of hydrogen-bond acceptors (Lipinski definition) is 4. The molecule has 0 radical (unpaired) electrons. The van der Waals surface area contributed by atoms with Gasteiger partial charge in [0.1, 0.15) is 0 Å². The van der Waals surface area contributed by atoms with E-state index in [1.165, 1.54) is 0 Å². The van der Waals surface area contributed by atoms with Crippen molar-refractivity contribution in [3.05, 3.63) is 0 Å². The van der Waals surface area contributed by atoms with E-state index in [1.807, 2.05) is 13.8 Å². The van der Waals surface area contributed by atoms with Crippen molar-refractivity contribution in [3.8, 4) is 0 Å². The summed E-state index contributed by atoms with van der Waals surface area (Å²) in [7, 11) is 0. The highest BCUT2D eigenvalue weighted by atomic mass is 16.5. The Balaban J connectivity index is 2.19. The first-order valence-electron chi connectivity index (χ1n) is 6.68. The molecule has 1 aliphatic carbocycles. The summed E-state index contributed by atoms with van der Waals surface area (Å²) >= 11 is 0. The zero-order valence-corrected chi connectivity index (χ0v) is 10.9. The molecule has 0 spiro atoms. The van der Waals surface area contributed by atoms with Gasteiger partial charge in [-0.25, -0.2) is 0 Å². The van der Waals surface area contributed by atoms with Gasteiger partial charge in [-0.3, -0.25) is 4.79 Å². The summed E-state index contributed by atoms with van der Waals surface area (Å²) in [6.45, 7) is 5.43. The van der Waals surface area contributed by atoms with E-state index in [1.54, 1.807) is 0 Å². The lowest BCUT2D eigenvalue weighted by Crippen LogP contribution is -2.38. The third-order valence-corrected chi connectivity index (χ3v) is 3.41. The van der Waals surface area contributed by atoms with Gasteiger partial charge in [-0.2, -0.15) is 0 Å². The van der Waals surface area contributed by atoms with Crippen LogP contribution in [-0.2, 0) is 9.53 Å². The topological polar surface area (TPSA) is 58.6 Å². The van der Waals surface area contributed by atoms with Gasteiger partial charge in [0.15, 0.2) is 0 Å². The second-order valence-corrected chi connectivity index (χ2v) is 5.00. The quantitative estimate of drug-likeness (QED) is 0.691. The molecule has 0 amide bonds. The highest BCUT2D eigenvalue weighted by molar-refractivity contribution is 5.72. The summed E-state index contributed by atoms with van der Waals surface area (Å²) in [5, 5.41) is 12.4. The molecule has 0 aromatic heterocycles. The normalized spacial score (nSPS) is 26.5. The van der Waals surface area contributed by atoms with Crippen LogP contribution in [0.25, 0.3) is 0 Å². The van der Waals surface area contributed by atoms with Gasteiger partial charge in [0, 0.05) is 19.2 Å². The Morgan fingerprint density at radius 2 is 2.06 bits per heavy atom. The van der Waals surface area contributed by atoms with E-state index in [-0.39, 0.29) is 18.5 Å². The summed E-state index contributed by atoms with van der Waals surface area (Å²) in [5.41, 5.74) is 0. The molecule has 1 rings (SSSR count). The third kappa shape index (κ3) is 5.04. The highest BCUT2D eigenvalue weighted by Crippen LogP contribution is 2.25. The van der Waals surface area contributed by atoms with E-state index in [0.717, 1.165) is 32.2 Å². The highest BCUT2D eigenvalue weighted by Gasteiger charge is 2.26. The van der Waals surface area contributed by atoms with Gasteiger partial charge in [0.2, 0.25) is 0 Å². The zero-order valence-electron chi connectivity index (χ0n) is 10.9. The van der Waals surface area contributed by atoms with E-state index < -0.39 is 0 Å². The fourth-order valence-electron chi connectivity index (χ4n) is 2.23. The van der Waals surface area contributed by atoms with Crippen molar-refractivity contribution in [3.63, 3.8) is 0 Å². The van der Waals surface area contributed by atoms with Gasteiger partial charge in [-0.1, -0.05) is 6.92 Å². The third-order valence-electron chi connectivity index (χ3n) is 3.41. The SMILES string of the molecule is CCOC(=O)C1CCC(NCC(C)CO)CC1. The molecule has 2 N–H and O–H groups in total. The van der Waals surface area contributed by atoms with Crippen LogP contribution >= 0.6 is 0 Å². The maximum absolute atomic E-state index is 11.5. The molecule has 0 aromatic rings. The number of ether oxygens (including phenoxy) is 1.